The molecule has 0 fully saturated rings. The molecule has 0 amide bonds. The number of hydrogen-bond acceptors (Lipinski definition) is 6. The molecule has 0 spiro atoms. The van der Waals surface area contributed by atoms with E-state index < -0.39 is 17.5 Å². The molecule has 2 aromatic rings. The molecule has 0 aliphatic rings. The first-order valence-electron chi connectivity index (χ1n) is 9.03. The van der Waals surface area contributed by atoms with Gasteiger partial charge in [-0.3, -0.25) is 9.59 Å². The largest absolute Gasteiger partial charge is 0.493 e. The van der Waals surface area contributed by atoms with Gasteiger partial charge in [-0.2, -0.15) is 8.78 Å². The topological polar surface area (TPSA) is 71.1 Å². The summed E-state index contributed by atoms with van der Waals surface area (Å²) in [5, 5.41) is 0. The zero-order valence-electron chi connectivity index (χ0n) is 17.5. The van der Waals surface area contributed by atoms with E-state index in [9.17, 15) is 18.4 Å². The van der Waals surface area contributed by atoms with Crippen molar-refractivity contribution in [3.8, 4) is 23.0 Å². The van der Waals surface area contributed by atoms with Crippen molar-refractivity contribution >= 4 is 23.7 Å². The van der Waals surface area contributed by atoms with Gasteiger partial charge in [0.2, 0.25) is 11.6 Å². The SMILES string of the molecule is COc1ccc(/C=C/C(=O)C(F)(F)C(=O)/C=C/c2ccc(OC)c(OC)c2)cc1OC. The van der Waals surface area contributed by atoms with Crippen LogP contribution in [0.15, 0.2) is 48.6 Å². The highest BCUT2D eigenvalue weighted by Crippen LogP contribution is 2.29. The molecule has 6 nitrogen and oxygen atoms in total. The lowest BCUT2D eigenvalue weighted by atomic mass is 10.1. The maximum absolute atomic E-state index is 14.3. The quantitative estimate of drug-likeness (QED) is 0.414. The molecule has 0 aliphatic heterocycles. The molecular formula is C23H22F2O6. The van der Waals surface area contributed by atoms with E-state index in [2.05, 4.69) is 0 Å². The number of carbonyl (C=O) groups excluding carboxylic acids is 2. The zero-order chi connectivity index (χ0) is 23.0. The Bertz CT molecular complexity index is 932. The molecule has 0 saturated carbocycles. The molecule has 0 bridgehead atoms. The van der Waals surface area contributed by atoms with E-state index in [1.165, 1.54) is 52.7 Å². The Hall–Kier alpha value is -3.68. The average molecular weight is 432 g/mol. The average Bonchev–Trinajstić information content (AvgIpc) is 2.80. The highest BCUT2D eigenvalue weighted by molar-refractivity contribution is 6.18. The second-order valence-electron chi connectivity index (χ2n) is 6.20. The highest BCUT2D eigenvalue weighted by atomic mass is 19.3. The summed E-state index contributed by atoms with van der Waals surface area (Å²) in [6.45, 7) is 0. The molecule has 0 aliphatic carbocycles. The lowest BCUT2D eigenvalue weighted by Crippen LogP contribution is -2.35. The van der Waals surface area contributed by atoms with Crippen molar-refractivity contribution in [3.63, 3.8) is 0 Å². The zero-order valence-corrected chi connectivity index (χ0v) is 17.5. The van der Waals surface area contributed by atoms with Crippen molar-refractivity contribution in [2.75, 3.05) is 28.4 Å². The van der Waals surface area contributed by atoms with Crippen molar-refractivity contribution in [1.29, 1.82) is 0 Å². The van der Waals surface area contributed by atoms with Gasteiger partial charge < -0.3 is 18.9 Å². The van der Waals surface area contributed by atoms with Crippen LogP contribution in [0, 0.1) is 0 Å². The molecule has 0 unspecified atom stereocenters. The van der Waals surface area contributed by atoms with Crippen LogP contribution >= 0.6 is 0 Å². The minimum atomic E-state index is -4.21. The number of rotatable bonds is 10. The maximum Gasteiger partial charge on any atom is 0.370 e. The third kappa shape index (κ3) is 5.69. The van der Waals surface area contributed by atoms with Crippen molar-refractivity contribution in [2.45, 2.75) is 5.92 Å². The van der Waals surface area contributed by atoms with Crippen LogP contribution in [0.25, 0.3) is 12.2 Å². The van der Waals surface area contributed by atoms with E-state index in [-0.39, 0.29) is 0 Å². The number of ketones is 2. The Balaban J connectivity index is 2.14. The normalized spacial score (nSPS) is 11.5. The van der Waals surface area contributed by atoms with Crippen LogP contribution in [0.5, 0.6) is 23.0 Å². The molecule has 164 valence electrons. The number of halogens is 2. The summed E-state index contributed by atoms with van der Waals surface area (Å²) in [4.78, 5) is 23.9. The first kappa shape index (κ1) is 23.6. The van der Waals surface area contributed by atoms with Gasteiger partial charge in [0.25, 0.3) is 0 Å². The van der Waals surface area contributed by atoms with Crippen LogP contribution in [0.2, 0.25) is 0 Å². The molecule has 2 aromatic carbocycles. The smallest absolute Gasteiger partial charge is 0.370 e. The molecule has 0 N–H and O–H groups in total. The second kappa shape index (κ2) is 10.4. The third-order valence-electron chi connectivity index (χ3n) is 4.29. The van der Waals surface area contributed by atoms with E-state index in [1.54, 1.807) is 24.3 Å². The molecule has 8 heteroatoms. The Labute approximate surface area is 178 Å². The lowest BCUT2D eigenvalue weighted by molar-refractivity contribution is -0.150. The van der Waals surface area contributed by atoms with Crippen LogP contribution < -0.4 is 18.9 Å². The first-order chi connectivity index (χ1) is 14.8. The molecule has 2 rings (SSSR count). The van der Waals surface area contributed by atoms with Crippen molar-refractivity contribution in [1.82, 2.24) is 0 Å². The molecular weight excluding hydrogens is 410 g/mol. The maximum atomic E-state index is 14.3. The Morgan fingerprint density at radius 3 is 1.35 bits per heavy atom. The van der Waals surface area contributed by atoms with Gasteiger partial charge in [0.15, 0.2) is 23.0 Å². The summed E-state index contributed by atoms with van der Waals surface area (Å²) >= 11 is 0. The van der Waals surface area contributed by atoms with E-state index in [1.807, 2.05) is 0 Å². The van der Waals surface area contributed by atoms with Crippen molar-refractivity contribution < 1.29 is 37.3 Å². The number of allylic oxidation sites excluding steroid dienone is 2. The van der Waals surface area contributed by atoms with Gasteiger partial charge in [0.05, 0.1) is 28.4 Å². The lowest BCUT2D eigenvalue weighted by Gasteiger charge is -2.10. The number of benzene rings is 2. The molecule has 0 aromatic heterocycles. The van der Waals surface area contributed by atoms with Crippen molar-refractivity contribution in [3.05, 3.63) is 59.7 Å². The summed E-state index contributed by atoms with van der Waals surface area (Å²) in [7, 11) is 5.76. The van der Waals surface area contributed by atoms with Gasteiger partial charge in [0, 0.05) is 0 Å². The van der Waals surface area contributed by atoms with Gasteiger partial charge in [-0.1, -0.05) is 24.3 Å². The van der Waals surface area contributed by atoms with Crippen LogP contribution in [0.1, 0.15) is 11.1 Å². The van der Waals surface area contributed by atoms with E-state index >= 15 is 0 Å². The molecule has 0 heterocycles. The van der Waals surface area contributed by atoms with Gasteiger partial charge in [-0.15, -0.1) is 0 Å². The fourth-order valence-corrected chi connectivity index (χ4v) is 2.59. The van der Waals surface area contributed by atoms with E-state index in [4.69, 9.17) is 18.9 Å². The fourth-order valence-electron chi connectivity index (χ4n) is 2.59. The molecule has 0 radical (unpaired) electrons. The minimum absolute atomic E-state index is 0.373. The van der Waals surface area contributed by atoms with Crippen LogP contribution in [-0.2, 0) is 9.59 Å². The summed E-state index contributed by atoms with van der Waals surface area (Å²) in [6.07, 6.45) is 3.65. The standard InChI is InChI=1S/C23H22F2O6/c1-28-17-9-5-15(13-19(17)30-3)7-11-21(26)23(24,25)22(27)12-8-16-6-10-18(29-2)20(14-16)31-4/h5-14H,1-4H3/b11-7+,12-8+. The molecule has 0 saturated heterocycles. The van der Waals surface area contributed by atoms with Crippen LogP contribution in [0.3, 0.4) is 0 Å². The number of hydrogen-bond donors (Lipinski definition) is 0. The van der Waals surface area contributed by atoms with Gasteiger partial charge in [0.1, 0.15) is 0 Å². The van der Waals surface area contributed by atoms with Gasteiger partial charge in [-0.05, 0) is 47.5 Å². The minimum Gasteiger partial charge on any atom is -0.493 e. The molecule has 0 atom stereocenters. The van der Waals surface area contributed by atoms with E-state index in [0.29, 0.717) is 46.3 Å². The predicted molar refractivity (Wildman–Crippen MR) is 112 cm³/mol. The second-order valence-corrected chi connectivity index (χ2v) is 6.20. The van der Waals surface area contributed by atoms with Crippen LogP contribution in [0.4, 0.5) is 8.78 Å². The van der Waals surface area contributed by atoms with Gasteiger partial charge >= 0.3 is 5.92 Å². The summed E-state index contributed by atoms with van der Waals surface area (Å²) in [6, 6.07) is 9.28. The highest BCUT2D eigenvalue weighted by Gasteiger charge is 2.43. The summed E-state index contributed by atoms with van der Waals surface area (Å²) in [5.41, 5.74) is 0.852. The monoisotopic (exact) mass is 432 g/mol. The Morgan fingerprint density at radius 2 is 1.03 bits per heavy atom. The predicted octanol–water partition coefficient (Wildman–Crippen LogP) is 4.22. The number of alkyl halides is 2. The first-order valence-corrected chi connectivity index (χ1v) is 9.03. The Kier molecular flexibility index (Phi) is 7.90. The summed E-state index contributed by atoms with van der Waals surface area (Å²) < 4.78 is 48.9. The number of ether oxygens (including phenoxy) is 4. The third-order valence-corrected chi connectivity index (χ3v) is 4.29. The van der Waals surface area contributed by atoms with Crippen LogP contribution in [-0.4, -0.2) is 45.9 Å². The number of carbonyl (C=O) groups is 2. The van der Waals surface area contributed by atoms with E-state index in [0.717, 1.165) is 0 Å². The fraction of sp³-hybridized carbons (Fsp3) is 0.217. The summed E-state index contributed by atoms with van der Waals surface area (Å²) in [5.74, 6) is -5.83. The van der Waals surface area contributed by atoms with Gasteiger partial charge in [-0.25, -0.2) is 0 Å². The number of methoxy groups -OCH3 is 4. The Morgan fingerprint density at radius 1 is 0.677 bits per heavy atom. The molecule has 31 heavy (non-hydrogen) atoms. The van der Waals surface area contributed by atoms with Crippen molar-refractivity contribution in [2.24, 2.45) is 0 Å².